The minimum absolute atomic E-state index is 0.232. The topological polar surface area (TPSA) is 91.7 Å². The molecule has 8 heteroatoms. The van der Waals surface area contributed by atoms with Crippen molar-refractivity contribution in [1.82, 2.24) is 9.55 Å². The smallest absolute Gasteiger partial charge is 0.265 e. The summed E-state index contributed by atoms with van der Waals surface area (Å²) >= 11 is 0. The molecule has 0 bridgehead atoms. The van der Waals surface area contributed by atoms with E-state index in [1.807, 2.05) is 0 Å². The number of benzene rings is 3. The van der Waals surface area contributed by atoms with Crippen LogP contribution in [0, 0.1) is 0 Å². The van der Waals surface area contributed by atoms with Gasteiger partial charge in [-0.3, -0.25) is 14.2 Å². The van der Waals surface area contributed by atoms with Gasteiger partial charge in [0.1, 0.15) is 23.6 Å². The van der Waals surface area contributed by atoms with Gasteiger partial charge in [-0.15, -0.1) is 0 Å². The number of aromatic nitrogens is 2. The molecular formula is C24H21N3O5. The molecule has 1 N–H and O–H groups in total. The summed E-state index contributed by atoms with van der Waals surface area (Å²) in [5, 5.41) is 3.22. The van der Waals surface area contributed by atoms with Gasteiger partial charge in [0.05, 0.1) is 43.6 Å². The highest BCUT2D eigenvalue weighted by molar-refractivity contribution is 6.06. The fraction of sp³-hybridized carbons (Fsp3) is 0.125. The monoisotopic (exact) mass is 431 g/mol. The summed E-state index contributed by atoms with van der Waals surface area (Å²) in [6, 6.07) is 17.0. The highest BCUT2D eigenvalue weighted by Gasteiger charge is 2.13. The van der Waals surface area contributed by atoms with E-state index in [1.54, 1.807) is 74.9 Å². The van der Waals surface area contributed by atoms with Crippen molar-refractivity contribution in [2.24, 2.45) is 0 Å². The Morgan fingerprint density at radius 1 is 0.875 bits per heavy atom. The molecule has 1 heterocycles. The van der Waals surface area contributed by atoms with Gasteiger partial charge in [0.15, 0.2) is 0 Å². The van der Waals surface area contributed by atoms with Gasteiger partial charge in [-0.05, 0) is 54.6 Å². The van der Waals surface area contributed by atoms with Crippen molar-refractivity contribution in [3.63, 3.8) is 0 Å². The first kappa shape index (κ1) is 20.9. The van der Waals surface area contributed by atoms with Crippen LogP contribution in [0.5, 0.6) is 17.2 Å². The Balaban J connectivity index is 1.64. The van der Waals surface area contributed by atoms with Crippen LogP contribution in [0.4, 0.5) is 5.69 Å². The highest BCUT2D eigenvalue weighted by Crippen LogP contribution is 2.29. The molecule has 4 aromatic rings. The van der Waals surface area contributed by atoms with Crippen molar-refractivity contribution in [3.8, 4) is 22.9 Å². The van der Waals surface area contributed by atoms with Crippen LogP contribution < -0.4 is 25.1 Å². The largest absolute Gasteiger partial charge is 0.497 e. The zero-order chi connectivity index (χ0) is 22.7. The van der Waals surface area contributed by atoms with Crippen molar-refractivity contribution < 1.29 is 19.0 Å². The molecule has 0 saturated carbocycles. The molecule has 0 radical (unpaired) electrons. The van der Waals surface area contributed by atoms with Crippen LogP contribution in [-0.2, 0) is 0 Å². The maximum absolute atomic E-state index is 13.0. The summed E-state index contributed by atoms with van der Waals surface area (Å²) < 4.78 is 17.1. The number of nitrogens with one attached hydrogen (secondary N) is 1. The van der Waals surface area contributed by atoms with Crippen LogP contribution in [0.15, 0.2) is 71.8 Å². The minimum atomic E-state index is -0.350. The molecule has 0 saturated heterocycles. The molecule has 4 rings (SSSR count). The predicted molar refractivity (Wildman–Crippen MR) is 121 cm³/mol. The zero-order valence-electron chi connectivity index (χ0n) is 17.8. The zero-order valence-corrected chi connectivity index (χ0v) is 17.8. The summed E-state index contributed by atoms with van der Waals surface area (Å²) in [5.41, 5.74) is 1.72. The van der Waals surface area contributed by atoms with E-state index < -0.39 is 0 Å². The number of methoxy groups -OCH3 is 3. The molecule has 162 valence electrons. The van der Waals surface area contributed by atoms with E-state index in [0.29, 0.717) is 45.1 Å². The van der Waals surface area contributed by atoms with Crippen LogP contribution in [0.25, 0.3) is 16.6 Å². The third kappa shape index (κ3) is 3.98. The standard InChI is InChI=1S/C24H21N3O5/c1-30-17-7-5-16(6-8-17)27-14-25-21-12-15(4-10-19(21)24(27)29)23(28)26-20-11-9-18(31-2)13-22(20)32-3/h4-14H,1-3H3,(H,26,28). The first-order valence-corrected chi connectivity index (χ1v) is 9.73. The van der Waals surface area contributed by atoms with Gasteiger partial charge in [0.25, 0.3) is 11.5 Å². The second kappa shape index (κ2) is 8.81. The van der Waals surface area contributed by atoms with Crippen molar-refractivity contribution in [1.29, 1.82) is 0 Å². The fourth-order valence-electron chi connectivity index (χ4n) is 3.29. The summed E-state index contributed by atoms with van der Waals surface area (Å²) in [7, 11) is 4.65. The van der Waals surface area contributed by atoms with E-state index in [4.69, 9.17) is 14.2 Å². The maximum atomic E-state index is 13.0. The summed E-state index contributed by atoms with van der Waals surface area (Å²) in [4.78, 5) is 30.1. The Bertz CT molecular complexity index is 1350. The van der Waals surface area contributed by atoms with E-state index in [2.05, 4.69) is 10.3 Å². The second-order valence-electron chi connectivity index (χ2n) is 6.87. The number of rotatable bonds is 6. The summed E-state index contributed by atoms with van der Waals surface area (Å²) in [6.45, 7) is 0. The molecule has 0 aliphatic heterocycles. The van der Waals surface area contributed by atoms with Gasteiger partial charge in [-0.1, -0.05) is 0 Å². The predicted octanol–water partition coefficient (Wildman–Crippen LogP) is 3.66. The average Bonchev–Trinajstić information content (AvgIpc) is 2.84. The lowest BCUT2D eigenvalue weighted by atomic mass is 10.1. The van der Waals surface area contributed by atoms with Crippen LogP contribution in [0.3, 0.4) is 0 Å². The van der Waals surface area contributed by atoms with Crippen molar-refractivity contribution in [3.05, 3.63) is 82.9 Å². The number of amides is 1. The molecule has 0 aliphatic carbocycles. The van der Waals surface area contributed by atoms with Gasteiger partial charge in [-0.2, -0.15) is 0 Å². The normalized spacial score (nSPS) is 10.6. The van der Waals surface area contributed by atoms with E-state index in [0.717, 1.165) is 0 Å². The Kier molecular flexibility index (Phi) is 5.76. The molecule has 0 aliphatic rings. The number of carbonyl (C=O) groups is 1. The average molecular weight is 431 g/mol. The third-order valence-electron chi connectivity index (χ3n) is 5.03. The van der Waals surface area contributed by atoms with Gasteiger partial charge in [0.2, 0.25) is 0 Å². The van der Waals surface area contributed by atoms with Gasteiger partial charge < -0.3 is 19.5 Å². The quantitative estimate of drug-likeness (QED) is 0.501. The number of fused-ring (bicyclic) bond motifs is 1. The molecule has 0 fully saturated rings. The molecule has 1 aromatic heterocycles. The van der Waals surface area contributed by atoms with E-state index in [-0.39, 0.29) is 11.5 Å². The Morgan fingerprint density at radius 3 is 2.28 bits per heavy atom. The number of nitrogens with zero attached hydrogens (tertiary/aromatic N) is 2. The summed E-state index contributed by atoms with van der Waals surface area (Å²) in [6.07, 6.45) is 1.45. The van der Waals surface area contributed by atoms with Crippen LogP contribution in [0.2, 0.25) is 0 Å². The van der Waals surface area contributed by atoms with Crippen LogP contribution >= 0.6 is 0 Å². The van der Waals surface area contributed by atoms with Gasteiger partial charge in [-0.25, -0.2) is 4.98 Å². The van der Waals surface area contributed by atoms with Crippen molar-refractivity contribution in [2.75, 3.05) is 26.6 Å². The van der Waals surface area contributed by atoms with Gasteiger partial charge in [0, 0.05) is 11.6 Å². The second-order valence-corrected chi connectivity index (χ2v) is 6.87. The van der Waals surface area contributed by atoms with Crippen LogP contribution in [-0.4, -0.2) is 36.8 Å². The maximum Gasteiger partial charge on any atom is 0.265 e. The number of hydrogen-bond donors (Lipinski definition) is 1. The molecule has 1 amide bonds. The van der Waals surface area contributed by atoms with E-state index >= 15 is 0 Å². The Morgan fingerprint density at radius 2 is 1.59 bits per heavy atom. The SMILES string of the molecule is COc1ccc(-n2cnc3cc(C(=O)Nc4ccc(OC)cc4OC)ccc3c2=O)cc1. The molecule has 3 aromatic carbocycles. The van der Waals surface area contributed by atoms with Crippen molar-refractivity contribution >= 4 is 22.5 Å². The third-order valence-corrected chi connectivity index (χ3v) is 5.03. The molecular weight excluding hydrogens is 410 g/mol. The molecule has 0 spiro atoms. The molecule has 8 nitrogen and oxygen atoms in total. The van der Waals surface area contributed by atoms with Crippen molar-refractivity contribution in [2.45, 2.75) is 0 Å². The first-order chi connectivity index (χ1) is 15.5. The number of carbonyl (C=O) groups excluding carboxylic acids is 1. The summed E-state index contributed by atoms with van der Waals surface area (Å²) in [5.74, 6) is 1.43. The van der Waals surface area contributed by atoms with E-state index in [9.17, 15) is 9.59 Å². The molecule has 0 atom stereocenters. The molecule has 0 unspecified atom stereocenters. The lowest BCUT2D eigenvalue weighted by Gasteiger charge is -2.12. The highest BCUT2D eigenvalue weighted by atomic mass is 16.5. The number of anilines is 1. The Labute approximate surface area is 184 Å². The minimum Gasteiger partial charge on any atom is -0.497 e. The Hall–Kier alpha value is -4.33. The van der Waals surface area contributed by atoms with Crippen LogP contribution in [0.1, 0.15) is 10.4 Å². The number of hydrogen-bond acceptors (Lipinski definition) is 6. The van der Waals surface area contributed by atoms with E-state index in [1.165, 1.54) is 18.0 Å². The number of ether oxygens (including phenoxy) is 3. The fourth-order valence-corrected chi connectivity index (χ4v) is 3.29. The lowest BCUT2D eigenvalue weighted by Crippen LogP contribution is -2.19. The first-order valence-electron chi connectivity index (χ1n) is 9.73. The van der Waals surface area contributed by atoms with Gasteiger partial charge >= 0.3 is 0 Å². The molecule has 32 heavy (non-hydrogen) atoms. The lowest BCUT2D eigenvalue weighted by molar-refractivity contribution is 0.102.